The van der Waals surface area contributed by atoms with E-state index in [1.165, 1.54) is 61.5 Å². The smallest absolute Gasteiger partial charge is 0.0657 e. The van der Waals surface area contributed by atoms with Gasteiger partial charge in [0.15, 0.2) is 0 Å². The summed E-state index contributed by atoms with van der Waals surface area (Å²) < 4.78 is 0. The zero-order valence-electron chi connectivity index (χ0n) is 30.8. The van der Waals surface area contributed by atoms with Gasteiger partial charge in [-0.3, -0.25) is 0 Å². The maximum atomic E-state index is 5.84. The van der Waals surface area contributed by atoms with E-state index in [4.69, 9.17) is 6.42 Å². The molecule has 1 nitrogen and oxygen atoms in total. The highest BCUT2D eigenvalue weighted by molar-refractivity contribution is 5.78. The lowest BCUT2D eigenvalue weighted by atomic mass is 9.56. The van der Waals surface area contributed by atoms with Crippen molar-refractivity contribution in [1.82, 2.24) is 0 Å². The first-order valence-electron chi connectivity index (χ1n) is 19.1. The largest absolute Gasteiger partial charge is 0.333 e. The number of fused-ring (bicyclic) bond motifs is 7. The molecule has 0 radical (unpaired) electrons. The molecule has 0 aromatic heterocycles. The molecule has 0 amide bonds. The van der Waals surface area contributed by atoms with Crippen molar-refractivity contribution >= 4 is 11.4 Å². The van der Waals surface area contributed by atoms with Gasteiger partial charge in [-0.1, -0.05) is 164 Å². The first kappa shape index (κ1) is 33.0. The van der Waals surface area contributed by atoms with Crippen LogP contribution in [0.25, 0.3) is 22.3 Å². The van der Waals surface area contributed by atoms with Gasteiger partial charge in [-0.2, -0.15) is 0 Å². The van der Waals surface area contributed by atoms with Crippen LogP contribution in [0.15, 0.2) is 193 Å². The number of anilines is 2. The Morgan fingerprint density at radius 2 is 1.25 bits per heavy atom. The lowest BCUT2D eigenvalue weighted by Crippen LogP contribution is -2.50. The van der Waals surface area contributed by atoms with Crippen molar-refractivity contribution in [3.63, 3.8) is 0 Å². The molecular formula is C52H45N. The maximum Gasteiger partial charge on any atom is 0.0657 e. The fourth-order valence-electron chi connectivity index (χ4n) is 10.7. The van der Waals surface area contributed by atoms with E-state index in [1.54, 1.807) is 0 Å². The molecule has 1 spiro atoms. The summed E-state index contributed by atoms with van der Waals surface area (Å²) in [6, 6.07) is 49.1. The molecular weight excluding hydrogens is 639 g/mol. The van der Waals surface area contributed by atoms with Crippen LogP contribution in [0.4, 0.5) is 11.4 Å². The Morgan fingerprint density at radius 1 is 0.698 bits per heavy atom. The Kier molecular flexibility index (Phi) is 8.09. The number of allylic oxidation sites excluding steroid dienone is 8. The average Bonchev–Trinajstić information content (AvgIpc) is 3.61. The minimum Gasteiger partial charge on any atom is -0.333 e. The fraction of sp³-hybridized carbons (Fsp3) is 0.192. The molecule has 258 valence electrons. The summed E-state index contributed by atoms with van der Waals surface area (Å²) in [4.78, 5) is 2.59. The van der Waals surface area contributed by atoms with Gasteiger partial charge < -0.3 is 4.90 Å². The van der Waals surface area contributed by atoms with Crippen molar-refractivity contribution in [2.75, 3.05) is 4.90 Å². The minimum atomic E-state index is -0.320. The molecule has 6 unspecified atom stereocenters. The summed E-state index contributed by atoms with van der Waals surface area (Å²) in [5.74, 6) is 4.02. The Labute approximate surface area is 315 Å². The van der Waals surface area contributed by atoms with E-state index in [-0.39, 0.29) is 16.9 Å². The average molecular weight is 684 g/mol. The predicted molar refractivity (Wildman–Crippen MR) is 223 cm³/mol. The van der Waals surface area contributed by atoms with Gasteiger partial charge in [-0.25, -0.2) is 0 Å². The molecule has 6 atom stereocenters. The first-order valence-corrected chi connectivity index (χ1v) is 19.1. The molecule has 0 saturated carbocycles. The van der Waals surface area contributed by atoms with Gasteiger partial charge in [-0.05, 0) is 107 Å². The standard InChI is InChI=1S/C52H45N/c1-5-6-22-44-37(3)52(50-36(2)17-15-23-45(44)50)47-25-14-13-24-46(47)51(4)48(52)26-16-27-49(51)53(42-32-28-40(29-33-42)38-18-9-7-10-19-38)43-34-30-41(31-35-43)39-20-11-8-12-21-39/h1,6-16,18-36,45,49-50H,17H2,2-4H3/b22-6-. The molecule has 5 aromatic rings. The maximum absolute atomic E-state index is 5.84. The molecule has 0 heterocycles. The van der Waals surface area contributed by atoms with Crippen LogP contribution in [0.2, 0.25) is 0 Å². The van der Waals surface area contributed by atoms with E-state index in [2.05, 4.69) is 202 Å². The summed E-state index contributed by atoms with van der Waals surface area (Å²) in [5, 5.41) is 0. The van der Waals surface area contributed by atoms with Crippen molar-refractivity contribution < 1.29 is 0 Å². The molecule has 0 saturated heterocycles. The van der Waals surface area contributed by atoms with Crippen molar-refractivity contribution in [2.45, 2.75) is 44.1 Å². The molecule has 0 fully saturated rings. The Hall–Kier alpha value is -5.84. The third-order valence-corrected chi connectivity index (χ3v) is 12.9. The van der Waals surface area contributed by atoms with Crippen LogP contribution in [0.1, 0.15) is 38.3 Å². The van der Waals surface area contributed by atoms with Gasteiger partial charge >= 0.3 is 0 Å². The number of rotatable bonds is 6. The van der Waals surface area contributed by atoms with Crippen molar-refractivity contribution in [3.05, 3.63) is 204 Å². The molecule has 0 aliphatic heterocycles. The quantitative estimate of drug-likeness (QED) is 0.127. The molecule has 53 heavy (non-hydrogen) atoms. The number of hydrogen-bond donors (Lipinski definition) is 0. The van der Waals surface area contributed by atoms with Gasteiger partial charge in [0.05, 0.1) is 6.04 Å². The Bertz CT molecular complexity index is 2280. The molecule has 0 bridgehead atoms. The van der Waals surface area contributed by atoms with Gasteiger partial charge in [-0.15, -0.1) is 6.42 Å². The zero-order chi connectivity index (χ0) is 36.2. The second-order valence-electron chi connectivity index (χ2n) is 15.4. The number of hydrogen-bond acceptors (Lipinski definition) is 1. The topological polar surface area (TPSA) is 3.24 Å². The molecule has 0 N–H and O–H groups in total. The zero-order valence-corrected chi connectivity index (χ0v) is 30.8. The highest BCUT2D eigenvalue weighted by atomic mass is 15.2. The van der Waals surface area contributed by atoms with E-state index in [0.29, 0.717) is 17.8 Å². The van der Waals surface area contributed by atoms with Crippen molar-refractivity contribution in [2.24, 2.45) is 17.8 Å². The second-order valence-corrected chi connectivity index (χ2v) is 15.4. The molecule has 1 heteroatoms. The lowest BCUT2D eigenvalue weighted by Gasteiger charge is -2.49. The molecule has 5 aromatic carbocycles. The van der Waals surface area contributed by atoms with Crippen LogP contribution in [0, 0.1) is 30.1 Å². The second kappa shape index (κ2) is 13.0. The van der Waals surface area contributed by atoms with E-state index in [9.17, 15) is 0 Å². The van der Waals surface area contributed by atoms with Crippen molar-refractivity contribution in [1.29, 1.82) is 0 Å². The predicted octanol–water partition coefficient (Wildman–Crippen LogP) is 12.6. The Morgan fingerprint density at radius 3 is 1.83 bits per heavy atom. The monoisotopic (exact) mass is 683 g/mol. The van der Waals surface area contributed by atoms with Gasteiger partial charge in [0, 0.05) is 28.1 Å². The highest BCUT2D eigenvalue weighted by Gasteiger charge is 2.66. The van der Waals surface area contributed by atoms with E-state index in [1.807, 2.05) is 6.08 Å². The van der Waals surface area contributed by atoms with Crippen LogP contribution in [-0.4, -0.2) is 6.04 Å². The number of nitrogens with zero attached hydrogens (tertiary/aromatic N) is 1. The number of benzene rings is 5. The van der Waals surface area contributed by atoms with Gasteiger partial charge in [0.1, 0.15) is 0 Å². The van der Waals surface area contributed by atoms with Crippen LogP contribution < -0.4 is 4.90 Å². The number of terminal acetylenes is 1. The molecule has 4 aliphatic rings. The summed E-state index contributed by atoms with van der Waals surface area (Å²) in [7, 11) is 0. The highest BCUT2D eigenvalue weighted by Crippen LogP contribution is 2.70. The van der Waals surface area contributed by atoms with E-state index >= 15 is 0 Å². The van der Waals surface area contributed by atoms with Crippen LogP contribution in [0.3, 0.4) is 0 Å². The first-order chi connectivity index (χ1) is 26.0. The fourth-order valence-corrected chi connectivity index (χ4v) is 10.7. The van der Waals surface area contributed by atoms with Crippen LogP contribution in [0.5, 0.6) is 0 Å². The molecule has 9 rings (SSSR count). The third kappa shape index (κ3) is 4.93. The summed E-state index contributed by atoms with van der Waals surface area (Å²) in [6.07, 6.45) is 23.2. The third-order valence-electron chi connectivity index (χ3n) is 12.9. The van der Waals surface area contributed by atoms with Crippen LogP contribution in [-0.2, 0) is 10.8 Å². The van der Waals surface area contributed by atoms with Gasteiger partial charge in [0.2, 0.25) is 0 Å². The SMILES string of the molecule is C#C/C=C\C1=C(C)C2(C3=CC=CC(N(c4ccc(-c5ccccc5)cc4)c4ccc(-c5ccccc5)cc4)C3(C)c3ccccc32)C2C(C)CC=CC12. The normalized spacial score (nSPS) is 26.6. The van der Waals surface area contributed by atoms with Crippen molar-refractivity contribution in [3.8, 4) is 34.6 Å². The van der Waals surface area contributed by atoms with Crippen LogP contribution >= 0.6 is 0 Å². The van der Waals surface area contributed by atoms with E-state index < -0.39 is 0 Å². The lowest BCUT2D eigenvalue weighted by molar-refractivity contribution is 0.225. The molecule has 4 aliphatic carbocycles. The minimum absolute atomic E-state index is 0.0131. The van der Waals surface area contributed by atoms with E-state index in [0.717, 1.165) is 6.42 Å². The summed E-state index contributed by atoms with van der Waals surface area (Å²) in [5.41, 5.74) is 13.9. The summed E-state index contributed by atoms with van der Waals surface area (Å²) in [6.45, 7) is 7.38. The summed E-state index contributed by atoms with van der Waals surface area (Å²) >= 11 is 0. The Balaban J connectivity index is 1.24. The van der Waals surface area contributed by atoms with Gasteiger partial charge in [0.25, 0.3) is 0 Å².